The minimum atomic E-state index is 0.334. The first-order valence-corrected chi connectivity index (χ1v) is 8.07. The SMILES string of the molecule is C=C(c1c(C)cc(C)cc1C)C(C)c1c(C)cc(C)cc1C. The molecule has 1 atom stereocenters. The first-order valence-electron chi connectivity index (χ1n) is 8.07. The highest BCUT2D eigenvalue weighted by molar-refractivity contribution is 5.75. The maximum absolute atomic E-state index is 4.46. The average molecular weight is 292 g/mol. The summed E-state index contributed by atoms with van der Waals surface area (Å²) >= 11 is 0. The van der Waals surface area contributed by atoms with Crippen molar-refractivity contribution in [2.24, 2.45) is 0 Å². The van der Waals surface area contributed by atoms with E-state index >= 15 is 0 Å². The third kappa shape index (κ3) is 3.02. The molecule has 0 aromatic heterocycles. The van der Waals surface area contributed by atoms with Gasteiger partial charge in [0.1, 0.15) is 0 Å². The highest BCUT2D eigenvalue weighted by Crippen LogP contribution is 2.37. The maximum atomic E-state index is 4.46. The van der Waals surface area contributed by atoms with E-state index in [4.69, 9.17) is 0 Å². The predicted molar refractivity (Wildman–Crippen MR) is 98.8 cm³/mol. The zero-order valence-electron chi connectivity index (χ0n) is 15.1. The van der Waals surface area contributed by atoms with Crippen LogP contribution < -0.4 is 0 Å². The van der Waals surface area contributed by atoms with Gasteiger partial charge in [0.15, 0.2) is 0 Å². The Morgan fingerprint density at radius 1 is 0.727 bits per heavy atom. The van der Waals surface area contributed by atoms with Gasteiger partial charge in [0, 0.05) is 5.92 Å². The van der Waals surface area contributed by atoms with Gasteiger partial charge in [0.05, 0.1) is 0 Å². The fourth-order valence-electron chi connectivity index (χ4n) is 3.95. The minimum absolute atomic E-state index is 0.334. The molecule has 0 aliphatic heterocycles. The van der Waals surface area contributed by atoms with Crippen molar-refractivity contribution in [1.29, 1.82) is 0 Å². The Morgan fingerprint density at radius 3 is 1.50 bits per heavy atom. The summed E-state index contributed by atoms with van der Waals surface area (Å²) in [6.45, 7) is 19.9. The summed E-state index contributed by atoms with van der Waals surface area (Å²) in [7, 11) is 0. The van der Waals surface area contributed by atoms with E-state index in [2.05, 4.69) is 79.3 Å². The van der Waals surface area contributed by atoms with Gasteiger partial charge >= 0.3 is 0 Å². The normalized spacial score (nSPS) is 12.3. The van der Waals surface area contributed by atoms with Crippen LogP contribution in [0.5, 0.6) is 0 Å². The van der Waals surface area contributed by atoms with Crippen LogP contribution in [0.1, 0.15) is 57.3 Å². The van der Waals surface area contributed by atoms with Gasteiger partial charge < -0.3 is 0 Å². The van der Waals surface area contributed by atoms with E-state index in [0.29, 0.717) is 5.92 Å². The van der Waals surface area contributed by atoms with Crippen LogP contribution in [0.4, 0.5) is 0 Å². The molecular weight excluding hydrogens is 264 g/mol. The number of benzene rings is 2. The molecule has 2 aromatic carbocycles. The van der Waals surface area contributed by atoms with Gasteiger partial charge in [0.25, 0.3) is 0 Å². The van der Waals surface area contributed by atoms with E-state index in [1.165, 1.54) is 50.1 Å². The Labute approximate surface area is 135 Å². The number of allylic oxidation sites excluding steroid dienone is 1. The molecule has 1 unspecified atom stereocenters. The quantitative estimate of drug-likeness (QED) is 0.618. The molecule has 0 saturated heterocycles. The molecule has 2 aromatic rings. The van der Waals surface area contributed by atoms with Crippen LogP contribution in [0.2, 0.25) is 0 Å². The lowest BCUT2D eigenvalue weighted by atomic mass is 9.81. The van der Waals surface area contributed by atoms with Crippen molar-refractivity contribution in [2.45, 2.75) is 54.4 Å². The standard InChI is InChI=1S/C22H28/c1-13-9-15(3)21(16(4)10-13)19(7)20(8)22-17(5)11-14(2)12-18(22)6/h9-12,20H,7H2,1-6,8H3. The number of aryl methyl sites for hydroxylation is 6. The molecule has 22 heavy (non-hydrogen) atoms. The van der Waals surface area contributed by atoms with E-state index in [-0.39, 0.29) is 0 Å². The summed E-state index contributed by atoms with van der Waals surface area (Å²) in [5.41, 5.74) is 12.0. The Bertz CT molecular complexity index is 686. The fraction of sp³-hybridized carbons (Fsp3) is 0.364. The molecule has 0 aliphatic carbocycles. The predicted octanol–water partition coefficient (Wildman–Crippen LogP) is 6.35. The van der Waals surface area contributed by atoms with Crippen molar-refractivity contribution in [1.82, 2.24) is 0 Å². The molecule has 116 valence electrons. The summed E-state index contributed by atoms with van der Waals surface area (Å²) in [6, 6.07) is 9.08. The smallest absolute Gasteiger partial charge is 0.00665 e. The summed E-state index contributed by atoms with van der Waals surface area (Å²) in [4.78, 5) is 0. The van der Waals surface area contributed by atoms with E-state index in [1.807, 2.05) is 0 Å². The Hall–Kier alpha value is -1.82. The largest absolute Gasteiger partial charge is 0.0946 e. The monoisotopic (exact) mass is 292 g/mol. The Kier molecular flexibility index (Phi) is 4.60. The first-order chi connectivity index (χ1) is 10.2. The van der Waals surface area contributed by atoms with Crippen LogP contribution in [-0.2, 0) is 0 Å². The summed E-state index contributed by atoms with van der Waals surface area (Å²) < 4.78 is 0. The molecule has 2 rings (SSSR count). The van der Waals surface area contributed by atoms with Gasteiger partial charge in [-0.15, -0.1) is 0 Å². The van der Waals surface area contributed by atoms with Crippen molar-refractivity contribution in [2.75, 3.05) is 0 Å². The molecule has 0 amide bonds. The van der Waals surface area contributed by atoms with Crippen LogP contribution in [0.15, 0.2) is 30.8 Å². The zero-order chi connectivity index (χ0) is 16.6. The van der Waals surface area contributed by atoms with E-state index in [9.17, 15) is 0 Å². The molecule has 0 saturated carbocycles. The van der Waals surface area contributed by atoms with Gasteiger partial charge in [0.2, 0.25) is 0 Å². The van der Waals surface area contributed by atoms with Crippen LogP contribution in [0.25, 0.3) is 5.57 Å². The molecule has 0 heterocycles. The van der Waals surface area contributed by atoms with Crippen LogP contribution in [0, 0.1) is 41.5 Å². The topological polar surface area (TPSA) is 0 Å². The average Bonchev–Trinajstić information content (AvgIpc) is 2.35. The van der Waals surface area contributed by atoms with Crippen LogP contribution in [-0.4, -0.2) is 0 Å². The van der Waals surface area contributed by atoms with Crippen LogP contribution in [0.3, 0.4) is 0 Å². The summed E-state index contributed by atoms with van der Waals surface area (Å²) in [5.74, 6) is 0.334. The number of hydrogen-bond acceptors (Lipinski definition) is 0. The van der Waals surface area contributed by atoms with Gasteiger partial charge in [-0.05, 0) is 80.5 Å². The third-order valence-corrected chi connectivity index (χ3v) is 4.69. The minimum Gasteiger partial charge on any atom is -0.0946 e. The second kappa shape index (κ2) is 6.12. The fourth-order valence-corrected chi connectivity index (χ4v) is 3.95. The van der Waals surface area contributed by atoms with Gasteiger partial charge in [-0.25, -0.2) is 0 Å². The Morgan fingerprint density at radius 2 is 1.09 bits per heavy atom. The van der Waals surface area contributed by atoms with Crippen molar-refractivity contribution in [3.8, 4) is 0 Å². The number of rotatable bonds is 3. The molecule has 0 N–H and O–H groups in total. The van der Waals surface area contributed by atoms with Crippen LogP contribution >= 0.6 is 0 Å². The lowest BCUT2D eigenvalue weighted by Crippen LogP contribution is -2.05. The van der Waals surface area contributed by atoms with Crippen molar-refractivity contribution in [3.05, 3.63) is 75.4 Å². The van der Waals surface area contributed by atoms with Gasteiger partial charge in [-0.1, -0.05) is 48.9 Å². The molecule has 0 nitrogen and oxygen atoms in total. The summed E-state index contributed by atoms with van der Waals surface area (Å²) in [6.07, 6.45) is 0. The molecule has 0 fully saturated rings. The summed E-state index contributed by atoms with van der Waals surface area (Å²) in [5, 5.41) is 0. The van der Waals surface area contributed by atoms with Crippen molar-refractivity contribution >= 4 is 5.57 Å². The van der Waals surface area contributed by atoms with E-state index < -0.39 is 0 Å². The lowest BCUT2D eigenvalue weighted by molar-refractivity contribution is 0.951. The molecule has 0 aliphatic rings. The first kappa shape index (κ1) is 16.5. The van der Waals surface area contributed by atoms with Gasteiger partial charge in [-0.3, -0.25) is 0 Å². The molecule has 0 radical (unpaired) electrons. The van der Waals surface area contributed by atoms with E-state index in [0.717, 1.165) is 0 Å². The third-order valence-electron chi connectivity index (χ3n) is 4.69. The second-order valence-corrected chi connectivity index (χ2v) is 6.83. The zero-order valence-corrected chi connectivity index (χ0v) is 15.1. The molecular formula is C22H28. The second-order valence-electron chi connectivity index (χ2n) is 6.83. The van der Waals surface area contributed by atoms with Crippen molar-refractivity contribution < 1.29 is 0 Å². The highest BCUT2D eigenvalue weighted by atomic mass is 14.2. The van der Waals surface area contributed by atoms with E-state index in [1.54, 1.807) is 0 Å². The lowest BCUT2D eigenvalue weighted by Gasteiger charge is -2.23. The molecule has 0 heteroatoms. The number of hydrogen-bond donors (Lipinski definition) is 0. The molecule has 0 spiro atoms. The maximum Gasteiger partial charge on any atom is 0.00665 e. The molecule has 0 bridgehead atoms. The van der Waals surface area contributed by atoms with Gasteiger partial charge in [-0.2, -0.15) is 0 Å². The van der Waals surface area contributed by atoms with Crippen molar-refractivity contribution in [3.63, 3.8) is 0 Å². The Balaban J connectivity index is 2.51. The highest BCUT2D eigenvalue weighted by Gasteiger charge is 2.18.